The molecule has 1 saturated heterocycles. The molecule has 2 heterocycles. The van der Waals surface area contributed by atoms with Crippen molar-refractivity contribution in [3.63, 3.8) is 0 Å². The van der Waals surface area contributed by atoms with Crippen LogP contribution in [0, 0.1) is 0 Å². The summed E-state index contributed by atoms with van der Waals surface area (Å²) in [5, 5.41) is 0. The fraction of sp³-hybridized carbons (Fsp3) is 0.636. The van der Waals surface area contributed by atoms with Crippen LogP contribution in [-0.2, 0) is 14.6 Å². The minimum Gasteiger partial charge on any atom is -0.461 e. The maximum absolute atomic E-state index is 11.5. The molecule has 0 aliphatic carbocycles. The number of hydrogen-bond acceptors (Lipinski definition) is 7. The van der Waals surface area contributed by atoms with Crippen LogP contribution in [0.3, 0.4) is 0 Å². The summed E-state index contributed by atoms with van der Waals surface area (Å²) in [6.07, 6.45) is 1.76. The Morgan fingerprint density at radius 2 is 2.26 bits per heavy atom. The maximum atomic E-state index is 11.5. The molecule has 1 aliphatic heterocycles. The zero-order valence-electron chi connectivity index (χ0n) is 10.7. The van der Waals surface area contributed by atoms with Crippen LogP contribution in [0.5, 0.6) is 0 Å². The van der Waals surface area contributed by atoms with E-state index in [4.69, 9.17) is 9.15 Å². The third-order valence-corrected chi connectivity index (χ3v) is 4.52. The summed E-state index contributed by atoms with van der Waals surface area (Å²) < 4.78 is 33.0. The molecule has 1 aliphatic rings. The number of aromatic nitrogens is 1. The smallest absolute Gasteiger partial charge is 0.360 e. The quantitative estimate of drug-likeness (QED) is 0.747. The van der Waals surface area contributed by atoms with E-state index >= 15 is 0 Å². The van der Waals surface area contributed by atoms with Gasteiger partial charge in [-0.1, -0.05) is 0 Å². The molecule has 0 N–H and O–H groups in total. The second-order valence-corrected chi connectivity index (χ2v) is 6.53. The van der Waals surface area contributed by atoms with Gasteiger partial charge >= 0.3 is 5.97 Å². The molecule has 1 aromatic rings. The van der Waals surface area contributed by atoms with Crippen molar-refractivity contribution < 1.29 is 22.4 Å². The van der Waals surface area contributed by atoms with E-state index in [2.05, 4.69) is 4.98 Å². The van der Waals surface area contributed by atoms with Gasteiger partial charge in [0.25, 0.3) is 6.01 Å². The molecule has 1 fully saturated rings. The number of sulfone groups is 1. The van der Waals surface area contributed by atoms with E-state index in [0.29, 0.717) is 19.5 Å². The number of oxazole rings is 1. The van der Waals surface area contributed by atoms with Crippen LogP contribution in [0.15, 0.2) is 10.7 Å². The van der Waals surface area contributed by atoms with Crippen LogP contribution in [0.4, 0.5) is 6.01 Å². The van der Waals surface area contributed by atoms with Crippen molar-refractivity contribution in [2.75, 3.05) is 36.1 Å². The predicted octanol–water partition coefficient (Wildman–Crippen LogP) is 0.476. The number of carbonyl (C=O) groups excluding carboxylic acids is 1. The molecule has 8 heteroatoms. The van der Waals surface area contributed by atoms with E-state index in [1.165, 1.54) is 6.26 Å². The Bertz CT molecular complexity index is 551. The molecule has 7 nitrogen and oxygen atoms in total. The molecule has 0 saturated carbocycles. The van der Waals surface area contributed by atoms with Gasteiger partial charge in [0.2, 0.25) is 0 Å². The molecule has 2 rings (SSSR count). The van der Waals surface area contributed by atoms with E-state index in [-0.39, 0.29) is 29.8 Å². The molecule has 106 valence electrons. The highest BCUT2D eigenvalue weighted by atomic mass is 32.2. The molecule has 0 aromatic carbocycles. The molecular formula is C11H16N2O5S. The van der Waals surface area contributed by atoms with Gasteiger partial charge in [0.1, 0.15) is 6.26 Å². The molecule has 0 radical (unpaired) electrons. The van der Waals surface area contributed by atoms with Gasteiger partial charge in [-0.3, -0.25) is 0 Å². The molecule has 0 atom stereocenters. The zero-order chi connectivity index (χ0) is 13.9. The van der Waals surface area contributed by atoms with Crippen molar-refractivity contribution in [1.82, 2.24) is 4.98 Å². The van der Waals surface area contributed by atoms with Crippen molar-refractivity contribution >= 4 is 21.8 Å². The Balaban J connectivity index is 2.08. The lowest BCUT2D eigenvalue weighted by atomic mass is 10.4. The first kappa shape index (κ1) is 13.9. The van der Waals surface area contributed by atoms with Gasteiger partial charge in [-0.05, 0) is 13.3 Å². The summed E-state index contributed by atoms with van der Waals surface area (Å²) in [6.45, 7) is 2.84. The summed E-state index contributed by atoms with van der Waals surface area (Å²) in [4.78, 5) is 17.2. The standard InChI is InChI=1S/C11H16N2O5S/c1-2-17-10(14)9-8-18-11(12-9)13-4-3-6-19(15,16)7-5-13/h8H,2-7H2,1H3. The molecule has 19 heavy (non-hydrogen) atoms. The van der Waals surface area contributed by atoms with Gasteiger partial charge < -0.3 is 14.1 Å². The molecule has 1 aromatic heterocycles. The van der Waals surface area contributed by atoms with E-state index in [1.807, 2.05) is 0 Å². The van der Waals surface area contributed by atoms with Crippen LogP contribution < -0.4 is 4.90 Å². The van der Waals surface area contributed by atoms with Gasteiger partial charge in [0.15, 0.2) is 15.5 Å². The second-order valence-electron chi connectivity index (χ2n) is 4.23. The van der Waals surface area contributed by atoms with E-state index in [9.17, 15) is 13.2 Å². The first-order valence-electron chi connectivity index (χ1n) is 6.10. The highest BCUT2D eigenvalue weighted by molar-refractivity contribution is 7.91. The van der Waals surface area contributed by atoms with Gasteiger partial charge in [-0.2, -0.15) is 4.98 Å². The Kier molecular flexibility index (Phi) is 4.08. The second kappa shape index (κ2) is 5.60. The topological polar surface area (TPSA) is 89.7 Å². The fourth-order valence-corrected chi connectivity index (χ4v) is 3.11. The lowest BCUT2D eigenvalue weighted by Crippen LogP contribution is -2.27. The van der Waals surface area contributed by atoms with Crippen LogP contribution in [-0.4, -0.2) is 50.6 Å². The van der Waals surface area contributed by atoms with Crippen molar-refractivity contribution in [1.29, 1.82) is 0 Å². The van der Waals surface area contributed by atoms with Crippen LogP contribution in [0.25, 0.3) is 0 Å². The number of carbonyl (C=O) groups is 1. The predicted molar refractivity (Wildman–Crippen MR) is 67.9 cm³/mol. The molecule has 0 unspecified atom stereocenters. The Hall–Kier alpha value is -1.57. The Morgan fingerprint density at radius 3 is 3.00 bits per heavy atom. The lowest BCUT2D eigenvalue weighted by molar-refractivity contribution is 0.0519. The van der Waals surface area contributed by atoms with Gasteiger partial charge in [0, 0.05) is 13.1 Å². The normalized spacial score (nSPS) is 18.9. The van der Waals surface area contributed by atoms with Gasteiger partial charge in [-0.25, -0.2) is 13.2 Å². The van der Waals surface area contributed by atoms with Crippen molar-refractivity contribution in [3.8, 4) is 0 Å². The Labute approximate surface area is 111 Å². The largest absolute Gasteiger partial charge is 0.461 e. The molecular weight excluding hydrogens is 272 g/mol. The van der Waals surface area contributed by atoms with Gasteiger partial charge in [-0.15, -0.1) is 0 Å². The average Bonchev–Trinajstić information content (AvgIpc) is 2.76. The lowest BCUT2D eigenvalue weighted by Gasteiger charge is -2.16. The first-order valence-corrected chi connectivity index (χ1v) is 7.92. The van der Waals surface area contributed by atoms with Crippen LogP contribution in [0.1, 0.15) is 23.8 Å². The van der Waals surface area contributed by atoms with Crippen molar-refractivity contribution in [3.05, 3.63) is 12.0 Å². The summed E-state index contributed by atoms with van der Waals surface area (Å²) >= 11 is 0. The summed E-state index contributed by atoms with van der Waals surface area (Å²) in [5.74, 6) is -0.293. The van der Waals surface area contributed by atoms with Crippen molar-refractivity contribution in [2.24, 2.45) is 0 Å². The molecule has 0 amide bonds. The number of esters is 1. The third kappa shape index (κ3) is 3.46. The number of rotatable bonds is 3. The highest BCUT2D eigenvalue weighted by Gasteiger charge is 2.23. The number of hydrogen-bond donors (Lipinski definition) is 0. The van der Waals surface area contributed by atoms with Crippen LogP contribution in [0.2, 0.25) is 0 Å². The fourth-order valence-electron chi connectivity index (χ4n) is 1.84. The number of nitrogens with zero attached hydrogens (tertiary/aromatic N) is 2. The summed E-state index contributed by atoms with van der Waals surface area (Å²) in [5.41, 5.74) is 0.101. The van der Waals surface area contributed by atoms with Gasteiger partial charge in [0.05, 0.1) is 18.1 Å². The monoisotopic (exact) mass is 288 g/mol. The summed E-state index contributed by atoms with van der Waals surface area (Å²) in [7, 11) is -2.98. The first-order chi connectivity index (χ1) is 9.02. The van der Waals surface area contributed by atoms with E-state index < -0.39 is 15.8 Å². The molecule has 0 bridgehead atoms. The SMILES string of the molecule is CCOC(=O)c1coc(N2CCCS(=O)(=O)CC2)n1. The molecule has 0 spiro atoms. The minimum absolute atomic E-state index is 0.0735. The zero-order valence-corrected chi connectivity index (χ0v) is 11.5. The Morgan fingerprint density at radius 1 is 1.47 bits per heavy atom. The van der Waals surface area contributed by atoms with E-state index in [0.717, 1.165) is 0 Å². The average molecular weight is 288 g/mol. The third-order valence-electron chi connectivity index (χ3n) is 2.80. The highest BCUT2D eigenvalue weighted by Crippen LogP contribution is 2.17. The maximum Gasteiger partial charge on any atom is 0.360 e. The van der Waals surface area contributed by atoms with Crippen LogP contribution >= 0.6 is 0 Å². The van der Waals surface area contributed by atoms with E-state index in [1.54, 1.807) is 11.8 Å². The van der Waals surface area contributed by atoms with Crippen molar-refractivity contribution in [2.45, 2.75) is 13.3 Å². The number of ether oxygens (including phenoxy) is 1. The summed E-state index contributed by atoms with van der Waals surface area (Å²) in [6, 6.07) is 0.264. The minimum atomic E-state index is -2.98. The number of anilines is 1.